The molecular formula is C7H10O3. The van der Waals surface area contributed by atoms with Gasteiger partial charge >= 0.3 is 5.97 Å². The lowest BCUT2D eigenvalue weighted by molar-refractivity contribution is -0.140. The quantitative estimate of drug-likeness (QED) is 0.333. The van der Waals surface area contributed by atoms with Crippen molar-refractivity contribution in [2.75, 3.05) is 13.7 Å². The maximum absolute atomic E-state index is 10.2. The van der Waals surface area contributed by atoms with E-state index in [9.17, 15) is 4.79 Å². The van der Waals surface area contributed by atoms with Gasteiger partial charge in [0, 0.05) is 6.92 Å². The van der Waals surface area contributed by atoms with Crippen LogP contribution >= 0.6 is 0 Å². The highest BCUT2D eigenvalue weighted by molar-refractivity contribution is 5.66. The van der Waals surface area contributed by atoms with Gasteiger partial charge in [-0.1, -0.05) is 12.3 Å². The average molecular weight is 142 g/mol. The maximum Gasteiger partial charge on any atom is 0.303 e. The van der Waals surface area contributed by atoms with Gasteiger partial charge in [-0.15, -0.1) is 0 Å². The summed E-state index contributed by atoms with van der Waals surface area (Å²) in [5.74, 6) is 0.0833. The van der Waals surface area contributed by atoms with E-state index in [0.29, 0.717) is 5.76 Å². The highest BCUT2D eigenvalue weighted by Gasteiger charge is 1.96. The third-order valence-corrected chi connectivity index (χ3v) is 0.850. The summed E-state index contributed by atoms with van der Waals surface area (Å²) in [6, 6.07) is 0. The summed E-state index contributed by atoms with van der Waals surface area (Å²) in [6.07, 6.45) is 0. The van der Waals surface area contributed by atoms with Crippen LogP contribution in [0.25, 0.3) is 0 Å². The molecule has 0 radical (unpaired) electrons. The Bertz CT molecular complexity index is 166. The number of hydrogen-bond acceptors (Lipinski definition) is 3. The fourth-order valence-corrected chi connectivity index (χ4v) is 0.349. The molecule has 3 heteroatoms. The Morgan fingerprint density at radius 2 is 2.30 bits per heavy atom. The van der Waals surface area contributed by atoms with Crippen molar-refractivity contribution in [3.63, 3.8) is 0 Å². The number of ether oxygens (including phenoxy) is 2. The Morgan fingerprint density at radius 1 is 1.70 bits per heavy atom. The molecule has 0 aliphatic rings. The summed E-state index contributed by atoms with van der Waals surface area (Å²) < 4.78 is 9.30. The molecule has 0 aromatic rings. The number of carbonyl (C=O) groups excluding carboxylic acids is 1. The molecule has 0 N–H and O–H groups in total. The second kappa shape index (κ2) is 4.65. The monoisotopic (exact) mass is 142 g/mol. The first-order chi connectivity index (χ1) is 4.70. The summed E-state index contributed by atoms with van der Waals surface area (Å²) in [4.78, 5) is 10.2. The molecule has 0 bridgehead atoms. The highest BCUT2D eigenvalue weighted by atomic mass is 16.6. The Morgan fingerprint density at radius 3 is 2.60 bits per heavy atom. The van der Waals surface area contributed by atoms with Crippen LogP contribution in [0.1, 0.15) is 6.92 Å². The van der Waals surface area contributed by atoms with Crippen LogP contribution in [-0.4, -0.2) is 19.7 Å². The van der Waals surface area contributed by atoms with Gasteiger partial charge in [-0.3, -0.25) is 4.79 Å². The maximum atomic E-state index is 10.2. The molecule has 0 heterocycles. The minimum Gasteiger partial charge on any atom is -0.489 e. The normalized spacial score (nSPS) is 7.80. The third-order valence-electron chi connectivity index (χ3n) is 0.850. The number of methoxy groups -OCH3 is 1. The van der Waals surface area contributed by atoms with Gasteiger partial charge in [0.25, 0.3) is 0 Å². The molecule has 0 saturated carbocycles. The molecule has 10 heavy (non-hydrogen) atoms. The van der Waals surface area contributed by atoms with Crippen molar-refractivity contribution >= 4 is 5.97 Å². The van der Waals surface area contributed by atoms with Crippen LogP contribution in [0.4, 0.5) is 0 Å². The van der Waals surface area contributed by atoms with Crippen molar-refractivity contribution in [2.45, 2.75) is 6.92 Å². The first-order valence-corrected chi connectivity index (χ1v) is 2.77. The second-order valence-corrected chi connectivity index (χ2v) is 1.58. The minimum absolute atomic E-state index is 0.106. The highest BCUT2D eigenvalue weighted by Crippen LogP contribution is 1.92. The van der Waals surface area contributed by atoms with Crippen molar-refractivity contribution in [1.82, 2.24) is 0 Å². The molecule has 0 aromatic heterocycles. The Hall–Kier alpha value is -1.21. The molecule has 0 amide bonds. The minimum atomic E-state index is -0.343. The Labute approximate surface area is 59.9 Å². The van der Waals surface area contributed by atoms with Crippen molar-refractivity contribution < 1.29 is 14.3 Å². The van der Waals surface area contributed by atoms with E-state index in [2.05, 4.69) is 17.0 Å². The topological polar surface area (TPSA) is 35.5 Å². The van der Waals surface area contributed by atoms with Gasteiger partial charge in [-0.25, -0.2) is 0 Å². The Kier molecular flexibility index (Phi) is 4.09. The van der Waals surface area contributed by atoms with Gasteiger partial charge in [0.1, 0.15) is 0 Å². The first-order valence-electron chi connectivity index (χ1n) is 2.77. The van der Waals surface area contributed by atoms with Crippen LogP contribution in [0.2, 0.25) is 0 Å². The molecule has 0 atom stereocenters. The van der Waals surface area contributed by atoms with Crippen molar-refractivity contribution in [1.29, 1.82) is 0 Å². The molecule has 0 rings (SSSR count). The molecule has 0 unspecified atom stereocenters. The van der Waals surface area contributed by atoms with Crippen LogP contribution in [0, 0.1) is 0 Å². The van der Waals surface area contributed by atoms with Crippen LogP contribution in [0.5, 0.6) is 0 Å². The fraction of sp³-hybridized carbons (Fsp3) is 0.429. The van der Waals surface area contributed by atoms with Gasteiger partial charge in [0.15, 0.2) is 12.4 Å². The van der Waals surface area contributed by atoms with Gasteiger partial charge in [-0.2, -0.15) is 0 Å². The van der Waals surface area contributed by atoms with E-state index in [1.54, 1.807) is 0 Å². The lowest BCUT2D eigenvalue weighted by atomic mass is 10.5. The van der Waals surface area contributed by atoms with Gasteiger partial charge in [0.2, 0.25) is 0 Å². The van der Waals surface area contributed by atoms with Crippen molar-refractivity contribution in [3.8, 4) is 0 Å². The number of carbonyl (C=O) groups is 1. The molecule has 0 saturated heterocycles. The predicted octanol–water partition coefficient (Wildman–Crippen LogP) is 0.865. The van der Waals surface area contributed by atoms with Crippen LogP contribution < -0.4 is 0 Å². The largest absolute Gasteiger partial charge is 0.489 e. The average Bonchev–Trinajstić information content (AvgIpc) is 1.90. The van der Waals surface area contributed by atoms with Gasteiger partial charge < -0.3 is 9.47 Å². The molecule has 0 aliphatic heterocycles. The zero-order chi connectivity index (χ0) is 7.98. The van der Waals surface area contributed by atoms with Gasteiger partial charge in [-0.05, 0) is 0 Å². The van der Waals surface area contributed by atoms with E-state index in [1.807, 2.05) is 0 Å². The standard InChI is InChI=1S/C7H10O3/c1-4-7(9-3)5-10-6(2)8/h1,5H2,2-3H3. The zero-order valence-electron chi connectivity index (χ0n) is 6.14. The molecule has 0 fully saturated rings. The molecular weight excluding hydrogens is 132 g/mol. The SMILES string of the molecule is C=C=C(COC(C)=O)OC. The van der Waals surface area contributed by atoms with Crippen molar-refractivity contribution in [3.05, 3.63) is 18.1 Å². The fourth-order valence-electron chi connectivity index (χ4n) is 0.349. The first kappa shape index (κ1) is 8.79. The predicted molar refractivity (Wildman–Crippen MR) is 36.3 cm³/mol. The lowest BCUT2D eigenvalue weighted by Gasteiger charge is -2.01. The number of hydrogen-bond donors (Lipinski definition) is 0. The summed E-state index contributed by atoms with van der Waals surface area (Å²) in [5, 5.41) is 0. The van der Waals surface area contributed by atoms with E-state index in [1.165, 1.54) is 14.0 Å². The lowest BCUT2D eigenvalue weighted by Crippen LogP contribution is -2.03. The van der Waals surface area contributed by atoms with Crippen LogP contribution in [0.15, 0.2) is 18.1 Å². The molecule has 0 aromatic carbocycles. The van der Waals surface area contributed by atoms with Crippen LogP contribution in [0.3, 0.4) is 0 Å². The van der Waals surface area contributed by atoms with E-state index in [4.69, 9.17) is 4.74 Å². The number of esters is 1. The number of rotatable bonds is 3. The molecule has 56 valence electrons. The summed E-state index contributed by atoms with van der Waals surface area (Å²) in [5.41, 5.74) is 2.47. The molecule has 0 aliphatic carbocycles. The van der Waals surface area contributed by atoms with Crippen molar-refractivity contribution in [2.24, 2.45) is 0 Å². The summed E-state index contributed by atoms with van der Waals surface area (Å²) >= 11 is 0. The summed E-state index contributed by atoms with van der Waals surface area (Å²) in [7, 11) is 1.47. The van der Waals surface area contributed by atoms with E-state index in [-0.39, 0.29) is 12.6 Å². The van der Waals surface area contributed by atoms with Gasteiger partial charge in [0.05, 0.1) is 7.11 Å². The Balaban J connectivity index is 3.67. The van der Waals surface area contributed by atoms with E-state index in [0.717, 1.165) is 0 Å². The van der Waals surface area contributed by atoms with E-state index < -0.39 is 0 Å². The summed E-state index contributed by atoms with van der Waals surface area (Å²) in [6.45, 7) is 4.77. The van der Waals surface area contributed by atoms with Crippen LogP contribution in [-0.2, 0) is 14.3 Å². The zero-order valence-corrected chi connectivity index (χ0v) is 6.14. The molecule has 3 nitrogen and oxygen atoms in total. The second-order valence-electron chi connectivity index (χ2n) is 1.58. The van der Waals surface area contributed by atoms with E-state index >= 15 is 0 Å². The third kappa shape index (κ3) is 3.75. The smallest absolute Gasteiger partial charge is 0.303 e. The molecule has 0 spiro atoms.